The fourth-order valence-electron chi connectivity index (χ4n) is 2.70. The number of aryl methyl sites for hydroxylation is 1. The van der Waals surface area contributed by atoms with Gasteiger partial charge in [-0.3, -0.25) is 4.79 Å². The van der Waals surface area contributed by atoms with Gasteiger partial charge in [0, 0.05) is 24.8 Å². The van der Waals surface area contributed by atoms with Crippen LogP contribution in [-0.4, -0.2) is 48.9 Å². The normalized spacial score (nSPS) is 13.8. The van der Waals surface area contributed by atoms with Gasteiger partial charge in [-0.15, -0.1) is 0 Å². The Hall–Kier alpha value is -3.16. The van der Waals surface area contributed by atoms with Crippen LogP contribution in [0.15, 0.2) is 35.4 Å². The van der Waals surface area contributed by atoms with Crippen molar-refractivity contribution in [2.24, 2.45) is 5.10 Å². The first-order valence-corrected chi connectivity index (χ1v) is 8.83. The number of anilines is 1. The van der Waals surface area contributed by atoms with Gasteiger partial charge in [0.05, 0.1) is 13.3 Å². The van der Waals surface area contributed by atoms with Gasteiger partial charge in [0.15, 0.2) is 6.61 Å². The molecule has 27 heavy (non-hydrogen) atoms. The summed E-state index contributed by atoms with van der Waals surface area (Å²) < 4.78 is 10.6. The lowest BCUT2D eigenvalue weighted by atomic mass is 10.2. The molecule has 2 aromatic rings. The third kappa shape index (κ3) is 5.40. The molecule has 1 aliphatic rings. The molecule has 8 heteroatoms. The Morgan fingerprint density at radius 3 is 2.70 bits per heavy atom. The van der Waals surface area contributed by atoms with E-state index in [1.807, 2.05) is 31.2 Å². The van der Waals surface area contributed by atoms with Crippen molar-refractivity contribution < 1.29 is 14.3 Å². The quantitative estimate of drug-likeness (QED) is 0.592. The smallest absolute Gasteiger partial charge is 0.278 e. The molecule has 1 fully saturated rings. The molecule has 0 aliphatic carbocycles. The van der Waals surface area contributed by atoms with Crippen molar-refractivity contribution in [3.8, 4) is 11.6 Å². The number of methoxy groups -OCH3 is 1. The molecule has 1 aliphatic heterocycles. The summed E-state index contributed by atoms with van der Waals surface area (Å²) in [4.78, 5) is 22.9. The lowest BCUT2D eigenvalue weighted by Crippen LogP contribution is -2.25. The first kappa shape index (κ1) is 18.6. The van der Waals surface area contributed by atoms with Crippen molar-refractivity contribution >= 4 is 18.1 Å². The first-order valence-electron chi connectivity index (χ1n) is 8.83. The number of aromatic nitrogens is 2. The Balaban J connectivity index is 1.50. The highest BCUT2D eigenvalue weighted by Crippen LogP contribution is 2.19. The van der Waals surface area contributed by atoms with Crippen molar-refractivity contribution in [2.75, 3.05) is 31.7 Å². The average Bonchev–Trinajstić information content (AvgIpc) is 3.21. The Bertz CT molecular complexity index is 801. The third-order valence-corrected chi connectivity index (χ3v) is 4.08. The van der Waals surface area contributed by atoms with E-state index in [0.717, 1.165) is 42.9 Å². The predicted octanol–water partition coefficient (Wildman–Crippen LogP) is 1.92. The number of carbonyl (C=O) groups excluding carboxylic acids is 1. The van der Waals surface area contributed by atoms with Crippen LogP contribution in [0.4, 0.5) is 5.95 Å². The minimum absolute atomic E-state index is 0.171. The van der Waals surface area contributed by atoms with E-state index in [1.165, 1.54) is 0 Å². The summed E-state index contributed by atoms with van der Waals surface area (Å²) in [5.74, 6) is 1.44. The molecule has 142 valence electrons. The van der Waals surface area contributed by atoms with E-state index in [4.69, 9.17) is 9.47 Å². The summed E-state index contributed by atoms with van der Waals surface area (Å²) in [7, 11) is 1.61. The average molecular weight is 369 g/mol. The van der Waals surface area contributed by atoms with Crippen molar-refractivity contribution in [1.29, 1.82) is 0 Å². The predicted molar refractivity (Wildman–Crippen MR) is 102 cm³/mol. The van der Waals surface area contributed by atoms with Crippen LogP contribution in [0.5, 0.6) is 11.6 Å². The summed E-state index contributed by atoms with van der Waals surface area (Å²) in [5.41, 5.74) is 4.09. The molecule has 1 saturated heterocycles. The zero-order valence-corrected chi connectivity index (χ0v) is 15.5. The highest BCUT2D eigenvalue weighted by molar-refractivity contribution is 5.83. The molecule has 1 N–H and O–H groups in total. The number of nitrogens with zero attached hydrogens (tertiary/aromatic N) is 4. The fraction of sp³-hybridized carbons (Fsp3) is 0.368. The first-order chi connectivity index (χ1) is 13.1. The van der Waals surface area contributed by atoms with E-state index in [9.17, 15) is 4.79 Å². The standard InChI is InChI=1S/C19H23N5O3/c1-14-11-18(22-19(21-14)24-9-3-4-10-24)27-13-17(25)23-20-12-15-5-7-16(26-2)8-6-15/h5-8,11-12H,3-4,9-10,13H2,1-2H3,(H,23,25). The number of ether oxygens (including phenoxy) is 2. The molecule has 3 rings (SSSR count). The number of hydrogen-bond acceptors (Lipinski definition) is 7. The maximum absolute atomic E-state index is 11.9. The highest BCUT2D eigenvalue weighted by Gasteiger charge is 2.16. The third-order valence-electron chi connectivity index (χ3n) is 4.08. The van der Waals surface area contributed by atoms with Crippen molar-refractivity contribution in [1.82, 2.24) is 15.4 Å². The van der Waals surface area contributed by atoms with Crippen molar-refractivity contribution in [3.63, 3.8) is 0 Å². The van der Waals surface area contributed by atoms with Gasteiger partial charge in [-0.25, -0.2) is 10.4 Å². The van der Waals surface area contributed by atoms with E-state index in [2.05, 4.69) is 25.4 Å². The van der Waals surface area contributed by atoms with Crippen LogP contribution < -0.4 is 19.8 Å². The van der Waals surface area contributed by atoms with Gasteiger partial charge in [-0.2, -0.15) is 10.1 Å². The number of amides is 1. The zero-order chi connectivity index (χ0) is 19.1. The topological polar surface area (TPSA) is 88.9 Å². The Kier molecular flexibility index (Phi) is 6.19. The minimum atomic E-state index is -0.362. The minimum Gasteiger partial charge on any atom is -0.497 e. The highest BCUT2D eigenvalue weighted by atomic mass is 16.5. The van der Waals surface area contributed by atoms with Gasteiger partial charge < -0.3 is 14.4 Å². The molecule has 1 amide bonds. The van der Waals surface area contributed by atoms with E-state index in [-0.39, 0.29) is 12.5 Å². The van der Waals surface area contributed by atoms with Gasteiger partial charge in [-0.05, 0) is 49.6 Å². The zero-order valence-electron chi connectivity index (χ0n) is 15.5. The van der Waals surface area contributed by atoms with Crippen LogP contribution >= 0.6 is 0 Å². The monoisotopic (exact) mass is 369 g/mol. The Morgan fingerprint density at radius 1 is 1.26 bits per heavy atom. The lowest BCUT2D eigenvalue weighted by molar-refractivity contribution is -0.123. The molecule has 1 aromatic heterocycles. The molecule has 0 saturated carbocycles. The molecule has 8 nitrogen and oxygen atoms in total. The molecule has 0 spiro atoms. The van der Waals surface area contributed by atoms with Crippen molar-refractivity contribution in [3.05, 3.63) is 41.6 Å². The van der Waals surface area contributed by atoms with Crippen LogP contribution in [0.1, 0.15) is 24.1 Å². The van der Waals surface area contributed by atoms with Gasteiger partial charge in [-0.1, -0.05) is 0 Å². The van der Waals surface area contributed by atoms with Gasteiger partial charge in [0.2, 0.25) is 11.8 Å². The molecule has 0 unspecified atom stereocenters. The van der Waals surface area contributed by atoms with Crippen LogP contribution in [0.25, 0.3) is 0 Å². The molecule has 2 heterocycles. The number of nitrogens with one attached hydrogen (secondary N) is 1. The summed E-state index contributed by atoms with van der Waals surface area (Å²) in [6.45, 7) is 3.61. The second-order valence-electron chi connectivity index (χ2n) is 6.20. The lowest BCUT2D eigenvalue weighted by Gasteiger charge is -2.16. The molecular formula is C19H23N5O3. The van der Waals surface area contributed by atoms with E-state index < -0.39 is 0 Å². The summed E-state index contributed by atoms with van der Waals surface area (Å²) >= 11 is 0. The molecular weight excluding hydrogens is 346 g/mol. The molecule has 0 bridgehead atoms. The summed E-state index contributed by atoms with van der Waals surface area (Å²) in [5, 5.41) is 3.92. The maximum atomic E-state index is 11.9. The summed E-state index contributed by atoms with van der Waals surface area (Å²) in [6.07, 6.45) is 3.84. The Morgan fingerprint density at radius 2 is 2.00 bits per heavy atom. The van der Waals surface area contributed by atoms with Crippen molar-refractivity contribution in [2.45, 2.75) is 19.8 Å². The molecule has 1 aromatic carbocycles. The maximum Gasteiger partial charge on any atom is 0.278 e. The number of carbonyl (C=O) groups is 1. The largest absolute Gasteiger partial charge is 0.497 e. The van der Waals surface area contributed by atoms with Crippen LogP contribution in [0.2, 0.25) is 0 Å². The van der Waals surface area contributed by atoms with Gasteiger partial charge in [0.1, 0.15) is 5.75 Å². The molecule has 0 radical (unpaired) electrons. The Labute approximate surface area is 158 Å². The van der Waals surface area contributed by atoms with E-state index in [0.29, 0.717) is 11.8 Å². The molecule has 0 atom stereocenters. The number of benzene rings is 1. The van der Waals surface area contributed by atoms with Crippen LogP contribution in [-0.2, 0) is 4.79 Å². The van der Waals surface area contributed by atoms with E-state index >= 15 is 0 Å². The second kappa shape index (κ2) is 8.98. The number of rotatable bonds is 7. The van der Waals surface area contributed by atoms with Gasteiger partial charge in [0.25, 0.3) is 5.91 Å². The number of hydrazone groups is 1. The van der Waals surface area contributed by atoms with E-state index in [1.54, 1.807) is 19.4 Å². The second-order valence-corrected chi connectivity index (χ2v) is 6.20. The SMILES string of the molecule is COc1ccc(C=NNC(=O)COc2cc(C)nc(N3CCCC3)n2)cc1. The van der Waals surface area contributed by atoms with Crippen LogP contribution in [0, 0.1) is 6.92 Å². The fourth-order valence-corrected chi connectivity index (χ4v) is 2.70. The van der Waals surface area contributed by atoms with Crippen LogP contribution in [0.3, 0.4) is 0 Å². The van der Waals surface area contributed by atoms with Gasteiger partial charge >= 0.3 is 0 Å². The summed E-state index contributed by atoms with van der Waals surface area (Å²) in [6, 6.07) is 9.04. The number of hydrogen-bond donors (Lipinski definition) is 1.